The van der Waals surface area contributed by atoms with E-state index in [2.05, 4.69) is 0 Å². The molecular weight excluding hydrogens is 139 g/mol. The van der Waals surface area contributed by atoms with Gasteiger partial charge in [0.05, 0.1) is 6.26 Å². The lowest BCUT2D eigenvalue weighted by Gasteiger charge is -1.86. The molecule has 3 heteroatoms. The van der Waals surface area contributed by atoms with Gasteiger partial charge < -0.3 is 9.44 Å². The zero-order valence-corrected chi connectivity index (χ0v) is 5.95. The van der Waals surface area contributed by atoms with Crippen molar-refractivity contribution in [3.05, 3.63) is 30.5 Å². The topological polar surface area (TPSA) is 33.4 Å². The predicted octanol–water partition coefficient (Wildman–Crippen LogP) is 0.402. The molecule has 2 aromatic rings. The smallest absolute Gasteiger partial charge is 0.308 e. The van der Waals surface area contributed by atoms with Crippen LogP contribution in [0.2, 0.25) is 0 Å². The first-order chi connectivity index (χ1) is 5.42. The lowest BCUT2D eigenvalue weighted by Crippen LogP contribution is -2.10. The Morgan fingerprint density at radius 1 is 1.27 bits per heavy atom. The quantitative estimate of drug-likeness (QED) is 0.590. The lowest BCUT2D eigenvalue weighted by molar-refractivity contribution is 0.605. The zero-order chi connectivity index (χ0) is 7.68. The van der Waals surface area contributed by atoms with E-state index in [0.717, 1.165) is 16.4 Å². The van der Waals surface area contributed by atoms with Crippen molar-refractivity contribution in [3.8, 4) is 0 Å². The molecule has 1 heterocycles. The van der Waals surface area contributed by atoms with Gasteiger partial charge in [-0.05, 0) is 11.5 Å². The van der Waals surface area contributed by atoms with Gasteiger partial charge in [0.25, 0.3) is 0 Å². The zero-order valence-electron chi connectivity index (χ0n) is 5.95. The van der Waals surface area contributed by atoms with Crippen molar-refractivity contribution in [3.63, 3.8) is 0 Å². The van der Waals surface area contributed by atoms with E-state index in [0.29, 0.717) is 0 Å². The SMILES string of the molecule is OBc1coc2ccccc12. The van der Waals surface area contributed by atoms with Crippen molar-refractivity contribution in [1.29, 1.82) is 0 Å². The maximum absolute atomic E-state index is 8.86. The summed E-state index contributed by atoms with van der Waals surface area (Å²) < 4.78 is 5.18. The molecule has 0 saturated heterocycles. The van der Waals surface area contributed by atoms with E-state index < -0.39 is 0 Å². The van der Waals surface area contributed by atoms with Crippen LogP contribution in [0.5, 0.6) is 0 Å². The molecule has 0 aliphatic heterocycles. The first kappa shape index (κ1) is 6.49. The molecular formula is C8H7BO2. The molecule has 0 radical (unpaired) electrons. The summed E-state index contributed by atoms with van der Waals surface area (Å²) in [7, 11) is 0.0387. The second kappa shape index (κ2) is 2.44. The normalized spacial score (nSPS) is 10.3. The Balaban J connectivity index is 2.76. The maximum Gasteiger partial charge on any atom is 0.308 e. The van der Waals surface area contributed by atoms with Gasteiger partial charge in [-0.3, -0.25) is 0 Å². The van der Waals surface area contributed by atoms with E-state index in [4.69, 9.17) is 9.44 Å². The van der Waals surface area contributed by atoms with Crippen molar-refractivity contribution in [2.45, 2.75) is 0 Å². The first-order valence-corrected chi connectivity index (χ1v) is 3.48. The largest absolute Gasteiger partial charge is 0.465 e. The van der Waals surface area contributed by atoms with Crippen LogP contribution in [0.15, 0.2) is 34.9 Å². The Morgan fingerprint density at radius 2 is 2.09 bits per heavy atom. The summed E-state index contributed by atoms with van der Waals surface area (Å²) in [6.45, 7) is 0. The van der Waals surface area contributed by atoms with Gasteiger partial charge in [0, 0.05) is 5.39 Å². The van der Waals surface area contributed by atoms with Crippen LogP contribution < -0.4 is 5.46 Å². The van der Waals surface area contributed by atoms with Gasteiger partial charge >= 0.3 is 7.48 Å². The molecule has 1 aromatic carbocycles. The summed E-state index contributed by atoms with van der Waals surface area (Å²) in [6, 6.07) is 7.66. The first-order valence-electron chi connectivity index (χ1n) is 3.48. The minimum atomic E-state index is 0.0387. The average Bonchev–Trinajstić information content (AvgIpc) is 2.47. The van der Waals surface area contributed by atoms with Crippen LogP contribution in [-0.4, -0.2) is 12.5 Å². The van der Waals surface area contributed by atoms with E-state index in [9.17, 15) is 0 Å². The Labute approximate surface area is 64.7 Å². The second-order valence-corrected chi connectivity index (χ2v) is 2.42. The van der Waals surface area contributed by atoms with Gasteiger partial charge in [-0.2, -0.15) is 0 Å². The predicted molar refractivity (Wildman–Crippen MR) is 45.2 cm³/mol. The van der Waals surface area contributed by atoms with Crippen LogP contribution in [0.3, 0.4) is 0 Å². The van der Waals surface area contributed by atoms with Crippen molar-refractivity contribution in [2.24, 2.45) is 0 Å². The summed E-state index contributed by atoms with van der Waals surface area (Å²) in [5.74, 6) is 0. The third kappa shape index (κ3) is 0.936. The van der Waals surface area contributed by atoms with Crippen LogP contribution in [0.1, 0.15) is 0 Å². The van der Waals surface area contributed by atoms with E-state index in [1.807, 2.05) is 24.3 Å². The highest BCUT2D eigenvalue weighted by molar-refractivity contribution is 6.49. The molecule has 2 rings (SSSR count). The van der Waals surface area contributed by atoms with Crippen molar-refractivity contribution >= 4 is 23.9 Å². The molecule has 0 amide bonds. The highest BCUT2D eigenvalue weighted by atomic mass is 16.3. The lowest BCUT2D eigenvalue weighted by atomic mass is 9.89. The van der Waals surface area contributed by atoms with Crippen LogP contribution in [-0.2, 0) is 0 Å². The van der Waals surface area contributed by atoms with E-state index in [1.165, 1.54) is 0 Å². The van der Waals surface area contributed by atoms with Gasteiger partial charge in [0.2, 0.25) is 0 Å². The monoisotopic (exact) mass is 146 g/mol. The average molecular weight is 146 g/mol. The van der Waals surface area contributed by atoms with Gasteiger partial charge in [0.1, 0.15) is 5.58 Å². The summed E-state index contributed by atoms with van der Waals surface area (Å²) in [4.78, 5) is 0. The third-order valence-corrected chi connectivity index (χ3v) is 1.73. The summed E-state index contributed by atoms with van der Waals surface area (Å²) in [6.07, 6.45) is 1.59. The van der Waals surface area contributed by atoms with Crippen molar-refractivity contribution in [1.82, 2.24) is 0 Å². The van der Waals surface area contributed by atoms with Crippen molar-refractivity contribution in [2.75, 3.05) is 0 Å². The van der Waals surface area contributed by atoms with Crippen LogP contribution >= 0.6 is 0 Å². The molecule has 1 aromatic heterocycles. The highest BCUT2D eigenvalue weighted by Gasteiger charge is 2.03. The summed E-state index contributed by atoms with van der Waals surface area (Å²) >= 11 is 0. The Bertz CT molecular complexity index is 367. The number of hydrogen-bond acceptors (Lipinski definition) is 2. The molecule has 0 atom stereocenters. The van der Waals surface area contributed by atoms with Crippen molar-refractivity contribution < 1.29 is 9.44 Å². The number of para-hydroxylation sites is 1. The number of furan rings is 1. The van der Waals surface area contributed by atoms with Crippen LogP contribution in [0, 0.1) is 0 Å². The molecule has 0 aliphatic carbocycles. The minimum Gasteiger partial charge on any atom is -0.465 e. The number of rotatable bonds is 1. The van der Waals surface area contributed by atoms with Gasteiger partial charge in [0.15, 0.2) is 0 Å². The molecule has 0 spiro atoms. The molecule has 0 fully saturated rings. The third-order valence-electron chi connectivity index (χ3n) is 1.73. The standard InChI is InChI=1S/C8H7BO2/c10-9-7-5-11-8-4-2-1-3-6(7)8/h1-5,9-10H. The number of hydrogen-bond donors (Lipinski definition) is 1. The Morgan fingerprint density at radius 3 is 2.91 bits per heavy atom. The fourth-order valence-corrected chi connectivity index (χ4v) is 1.16. The molecule has 54 valence electrons. The van der Waals surface area contributed by atoms with Crippen LogP contribution in [0.25, 0.3) is 11.0 Å². The van der Waals surface area contributed by atoms with Gasteiger partial charge in [-0.15, -0.1) is 0 Å². The van der Waals surface area contributed by atoms with Gasteiger partial charge in [-0.1, -0.05) is 18.2 Å². The highest BCUT2D eigenvalue weighted by Crippen LogP contribution is 2.10. The van der Waals surface area contributed by atoms with E-state index >= 15 is 0 Å². The minimum absolute atomic E-state index is 0.0387. The molecule has 0 aliphatic rings. The van der Waals surface area contributed by atoms with E-state index in [-0.39, 0.29) is 7.48 Å². The molecule has 0 unspecified atom stereocenters. The molecule has 0 saturated carbocycles. The second-order valence-electron chi connectivity index (χ2n) is 2.42. The molecule has 0 bridgehead atoms. The van der Waals surface area contributed by atoms with Gasteiger partial charge in [-0.25, -0.2) is 0 Å². The Hall–Kier alpha value is -1.22. The molecule has 1 N–H and O–H groups in total. The number of benzene rings is 1. The van der Waals surface area contributed by atoms with E-state index in [1.54, 1.807) is 6.26 Å². The number of fused-ring (bicyclic) bond motifs is 1. The summed E-state index contributed by atoms with van der Waals surface area (Å²) in [5.41, 5.74) is 1.68. The molecule has 11 heavy (non-hydrogen) atoms. The fourth-order valence-electron chi connectivity index (χ4n) is 1.16. The fraction of sp³-hybridized carbons (Fsp3) is 0. The molecule has 2 nitrogen and oxygen atoms in total. The maximum atomic E-state index is 8.86. The van der Waals surface area contributed by atoms with Crippen LogP contribution in [0.4, 0.5) is 0 Å². The summed E-state index contributed by atoms with van der Waals surface area (Å²) in [5, 5.41) is 9.86. The Kier molecular flexibility index (Phi) is 1.44.